The van der Waals surface area contributed by atoms with Gasteiger partial charge in [0.1, 0.15) is 29.9 Å². The van der Waals surface area contributed by atoms with Crippen molar-refractivity contribution in [2.24, 2.45) is 0 Å². The normalized spacial score (nSPS) is 14.4. The molecular formula is C33H40FN3O6S. The van der Waals surface area contributed by atoms with Crippen molar-refractivity contribution in [2.75, 3.05) is 24.6 Å². The summed E-state index contributed by atoms with van der Waals surface area (Å²) in [5.41, 5.74) is 0.812. The molecule has 0 bridgehead atoms. The average molecular weight is 626 g/mol. The van der Waals surface area contributed by atoms with Crippen LogP contribution in [-0.2, 0) is 26.2 Å². The number of benzene rings is 3. The van der Waals surface area contributed by atoms with Crippen LogP contribution in [0.25, 0.3) is 0 Å². The molecule has 1 aliphatic carbocycles. The van der Waals surface area contributed by atoms with Gasteiger partial charge < -0.3 is 19.7 Å². The van der Waals surface area contributed by atoms with Crippen LogP contribution in [0.4, 0.5) is 10.1 Å². The number of sulfonamides is 1. The molecule has 1 fully saturated rings. The van der Waals surface area contributed by atoms with Gasteiger partial charge in [0.2, 0.25) is 11.8 Å². The number of amides is 2. The highest BCUT2D eigenvalue weighted by atomic mass is 32.2. The van der Waals surface area contributed by atoms with Crippen molar-refractivity contribution in [3.8, 4) is 11.5 Å². The van der Waals surface area contributed by atoms with E-state index in [9.17, 15) is 22.4 Å². The van der Waals surface area contributed by atoms with E-state index in [-0.39, 0.29) is 29.1 Å². The SMILES string of the molecule is CCOc1ccc(S(=O)(=O)N(CC(=O)N(Cc2cccc(OC)c2)C(C)C(=O)NC2CCCCC2)c2ccc(F)cc2)cc1. The number of ether oxygens (including phenoxy) is 2. The number of nitrogens with one attached hydrogen (secondary N) is 1. The molecule has 0 radical (unpaired) electrons. The first-order valence-electron chi connectivity index (χ1n) is 14.9. The van der Waals surface area contributed by atoms with Gasteiger partial charge in [-0.3, -0.25) is 13.9 Å². The molecular weight excluding hydrogens is 585 g/mol. The number of carbonyl (C=O) groups excluding carboxylic acids is 2. The number of nitrogens with zero attached hydrogens (tertiary/aromatic N) is 2. The van der Waals surface area contributed by atoms with Gasteiger partial charge in [0, 0.05) is 12.6 Å². The van der Waals surface area contributed by atoms with Crippen molar-refractivity contribution in [2.45, 2.75) is 69.5 Å². The average Bonchev–Trinajstić information content (AvgIpc) is 3.03. The number of methoxy groups -OCH3 is 1. The van der Waals surface area contributed by atoms with Gasteiger partial charge in [0.05, 0.1) is 24.3 Å². The van der Waals surface area contributed by atoms with Crippen LogP contribution in [0.5, 0.6) is 11.5 Å². The first-order valence-corrected chi connectivity index (χ1v) is 16.3. The molecule has 236 valence electrons. The van der Waals surface area contributed by atoms with Crippen LogP contribution in [0, 0.1) is 5.82 Å². The van der Waals surface area contributed by atoms with Crippen molar-refractivity contribution < 1.29 is 31.9 Å². The van der Waals surface area contributed by atoms with Crippen LogP contribution >= 0.6 is 0 Å². The van der Waals surface area contributed by atoms with Gasteiger partial charge in [-0.1, -0.05) is 31.4 Å². The number of anilines is 1. The van der Waals surface area contributed by atoms with Gasteiger partial charge in [-0.15, -0.1) is 0 Å². The Bertz CT molecular complexity index is 1510. The second-order valence-electron chi connectivity index (χ2n) is 10.8. The monoisotopic (exact) mass is 625 g/mol. The Morgan fingerprint density at radius 3 is 2.30 bits per heavy atom. The molecule has 4 rings (SSSR count). The molecule has 0 aromatic heterocycles. The van der Waals surface area contributed by atoms with E-state index in [0.717, 1.165) is 48.5 Å². The highest BCUT2D eigenvalue weighted by Gasteiger charge is 2.33. The zero-order valence-corrected chi connectivity index (χ0v) is 26.2. The van der Waals surface area contributed by atoms with Crippen LogP contribution in [0.3, 0.4) is 0 Å². The maximum atomic E-state index is 14.1. The number of carbonyl (C=O) groups is 2. The lowest BCUT2D eigenvalue weighted by Crippen LogP contribution is -2.53. The van der Waals surface area contributed by atoms with E-state index >= 15 is 0 Å². The minimum Gasteiger partial charge on any atom is -0.497 e. The van der Waals surface area contributed by atoms with Gasteiger partial charge in [0.15, 0.2) is 0 Å². The first kappa shape index (κ1) is 32.8. The minimum atomic E-state index is -4.29. The third-order valence-electron chi connectivity index (χ3n) is 7.72. The maximum absolute atomic E-state index is 14.1. The standard InChI is InChI=1S/C33H40FN3O6S/c1-4-43-29-17-19-31(20-18-29)44(40,41)37(28-15-13-26(34)14-16-28)23-32(38)36(22-25-9-8-12-30(21-25)42-3)24(2)33(39)35-27-10-6-5-7-11-27/h8-9,12-21,24,27H,4-7,10-11,22-23H2,1-3H3,(H,35,39). The first-order chi connectivity index (χ1) is 21.1. The molecule has 3 aromatic rings. The van der Waals surface area contributed by atoms with Crippen molar-refractivity contribution in [3.63, 3.8) is 0 Å². The molecule has 0 aliphatic heterocycles. The summed E-state index contributed by atoms with van der Waals surface area (Å²) < 4.78 is 53.5. The molecule has 9 nitrogen and oxygen atoms in total. The lowest BCUT2D eigenvalue weighted by Gasteiger charge is -2.33. The Labute approximate surface area is 259 Å². The summed E-state index contributed by atoms with van der Waals surface area (Å²) in [6.07, 6.45) is 4.94. The summed E-state index contributed by atoms with van der Waals surface area (Å²) in [6, 6.07) is 17.0. The van der Waals surface area contributed by atoms with Crippen molar-refractivity contribution in [3.05, 3.63) is 84.2 Å². The molecule has 11 heteroatoms. The summed E-state index contributed by atoms with van der Waals surface area (Å²) in [7, 11) is -2.76. The quantitative estimate of drug-likeness (QED) is 0.277. The van der Waals surface area contributed by atoms with Gasteiger partial charge in [-0.25, -0.2) is 12.8 Å². The Kier molecular flexibility index (Phi) is 11.2. The van der Waals surface area contributed by atoms with E-state index < -0.39 is 34.3 Å². The largest absolute Gasteiger partial charge is 0.497 e. The van der Waals surface area contributed by atoms with Crippen molar-refractivity contribution in [1.29, 1.82) is 0 Å². The number of hydrogen-bond donors (Lipinski definition) is 1. The van der Waals surface area contributed by atoms with E-state index in [1.54, 1.807) is 25.1 Å². The van der Waals surface area contributed by atoms with Crippen LogP contribution in [-0.4, -0.2) is 57.5 Å². The Balaban J connectivity index is 1.67. The maximum Gasteiger partial charge on any atom is 0.264 e. The fourth-order valence-electron chi connectivity index (χ4n) is 5.26. The Hall–Kier alpha value is -4.12. The summed E-state index contributed by atoms with van der Waals surface area (Å²) >= 11 is 0. The predicted molar refractivity (Wildman–Crippen MR) is 167 cm³/mol. The van der Waals surface area contributed by atoms with E-state index in [1.807, 2.05) is 13.0 Å². The van der Waals surface area contributed by atoms with Crippen LogP contribution < -0.4 is 19.1 Å². The molecule has 0 spiro atoms. The van der Waals surface area contributed by atoms with Gasteiger partial charge in [-0.05, 0) is 92.9 Å². The topological polar surface area (TPSA) is 105 Å². The van der Waals surface area contributed by atoms with Crippen LogP contribution in [0.2, 0.25) is 0 Å². The molecule has 1 unspecified atom stereocenters. The smallest absolute Gasteiger partial charge is 0.264 e. The molecule has 1 atom stereocenters. The number of halogens is 1. The molecule has 1 saturated carbocycles. The lowest BCUT2D eigenvalue weighted by atomic mass is 9.95. The summed E-state index contributed by atoms with van der Waals surface area (Å²) in [5.74, 6) is -0.377. The fourth-order valence-corrected chi connectivity index (χ4v) is 6.67. The second kappa shape index (κ2) is 15.1. The highest BCUT2D eigenvalue weighted by molar-refractivity contribution is 7.92. The molecule has 1 aliphatic rings. The predicted octanol–water partition coefficient (Wildman–Crippen LogP) is 5.29. The molecule has 3 aromatic carbocycles. The Morgan fingerprint density at radius 1 is 0.977 bits per heavy atom. The van der Waals surface area contributed by atoms with E-state index in [2.05, 4.69) is 5.32 Å². The van der Waals surface area contributed by atoms with Crippen molar-refractivity contribution in [1.82, 2.24) is 10.2 Å². The molecule has 1 N–H and O–H groups in total. The third kappa shape index (κ3) is 8.28. The fraction of sp³-hybridized carbons (Fsp3) is 0.394. The molecule has 44 heavy (non-hydrogen) atoms. The molecule has 0 saturated heterocycles. The Morgan fingerprint density at radius 2 is 1.66 bits per heavy atom. The summed E-state index contributed by atoms with van der Waals surface area (Å²) in [4.78, 5) is 28.9. The highest BCUT2D eigenvalue weighted by Crippen LogP contribution is 2.27. The van der Waals surface area contributed by atoms with E-state index in [4.69, 9.17) is 9.47 Å². The zero-order chi connectivity index (χ0) is 31.7. The summed E-state index contributed by atoms with van der Waals surface area (Å²) in [6.45, 7) is 3.29. The van der Waals surface area contributed by atoms with Gasteiger partial charge in [-0.2, -0.15) is 0 Å². The second-order valence-corrected chi connectivity index (χ2v) is 12.6. The van der Waals surface area contributed by atoms with E-state index in [0.29, 0.717) is 23.7 Å². The number of hydrogen-bond acceptors (Lipinski definition) is 6. The minimum absolute atomic E-state index is 0.0308. The van der Waals surface area contributed by atoms with Gasteiger partial charge in [0.25, 0.3) is 10.0 Å². The number of rotatable bonds is 13. The van der Waals surface area contributed by atoms with E-state index in [1.165, 1.54) is 48.4 Å². The summed E-state index contributed by atoms with van der Waals surface area (Å²) in [5, 5.41) is 3.08. The van der Waals surface area contributed by atoms with Crippen LogP contribution in [0.1, 0.15) is 51.5 Å². The molecule has 0 heterocycles. The third-order valence-corrected chi connectivity index (χ3v) is 9.51. The van der Waals surface area contributed by atoms with Crippen molar-refractivity contribution >= 4 is 27.5 Å². The lowest BCUT2D eigenvalue weighted by molar-refractivity contribution is -0.139. The van der Waals surface area contributed by atoms with Crippen LogP contribution in [0.15, 0.2) is 77.7 Å². The zero-order valence-electron chi connectivity index (χ0n) is 25.4. The molecule has 2 amide bonds. The van der Waals surface area contributed by atoms with Gasteiger partial charge >= 0.3 is 0 Å².